The maximum absolute atomic E-state index is 10.8. The first-order valence-electron chi connectivity index (χ1n) is 5.89. The largest absolute Gasteiger partial charge is 0.480 e. The SMILES string of the molecule is Cc1ccc(CO[C@H]2CN[C@H](C(=O)O)[C@@H]2O)cc1. The molecule has 3 N–H and O–H groups in total. The summed E-state index contributed by atoms with van der Waals surface area (Å²) in [5.74, 6) is -1.05. The van der Waals surface area contributed by atoms with Gasteiger partial charge in [0.2, 0.25) is 0 Å². The van der Waals surface area contributed by atoms with Gasteiger partial charge in [0.1, 0.15) is 12.1 Å². The van der Waals surface area contributed by atoms with Gasteiger partial charge in [-0.15, -0.1) is 0 Å². The highest BCUT2D eigenvalue weighted by Gasteiger charge is 2.39. The minimum absolute atomic E-state index is 0.351. The van der Waals surface area contributed by atoms with E-state index in [4.69, 9.17) is 9.84 Å². The van der Waals surface area contributed by atoms with Crippen molar-refractivity contribution in [2.75, 3.05) is 6.54 Å². The molecule has 0 radical (unpaired) electrons. The Kier molecular flexibility index (Phi) is 3.96. The summed E-state index contributed by atoms with van der Waals surface area (Å²) in [7, 11) is 0. The van der Waals surface area contributed by atoms with Crippen LogP contribution < -0.4 is 5.32 Å². The number of carboxylic acids is 1. The molecule has 1 saturated heterocycles. The molecule has 1 aliphatic rings. The van der Waals surface area contributed by atoms with Crippen LogP contribution in [0.5, 0.6) is 0 Å². The molecule has 0 saturated carbocycles. The molecule has 98 valence electrons. The number of benzene rings is 1. The first kappa shape index (κ1) is 13.0. The van der Waals surface area contributed by atoms with Crippen molar-refractivity contribution in [2.45, 2.75) is 31.8 Å². The highest BCUT2D eigenvalue weighted by atomic mass is 16.5. The quantitative estimate of drug-likeness (QED) is 0.717. The normalized spacial score (nSPS) is 27.3. The number of aliphatic carboxylic acids is 1. The van der Waals surface area contributed by atoms with Crippen molar-refractivity contribution in [3.63, 3.8) is 0 Å². The molecule has 1 aliphatic heterocycles. The minimum atomic E-state index is -1.05. The van der Waals surface area contributed by atoms with Crippen LogP contribution in [0.3, 0.4) is 0 Å². The summed E-state index contributed by atoms with van der Waals surface area (Å²) in [4.78, 5) is 10.8. The Morgan fingerprint density at radius 1 is 1.44 bits per heavy atom. The lowest BCUT2D eigenvalue weighted by Crippen LogP contribution is -2.40. The minimum Gasteiger partial charge on any atom is -0.480 e. The molecule has 0 aliphatic carbocycles. The summed E-state index contributed by atoms with van der Waals surface area (Å²) in [6.07, 6.45) is -1.49. The van der Waals surface area contributed by atoms with E-state index >= 15 is 0 Å². The first-order chi connectivity index (χ1) is 8.58. The third-order valence-electron chi connectivity index (χ3n) is 3.11. The highest BCUT2D eigenvalue weighted by molar-refractivity contribution is 5.74. The van der Waals surface area contributed by atoms with Gasteiger partial charge in [-0.1, -0.05) is 29.8 Å². The lowest BCUT2D eigenvalue weighted by atomic mass is 10.1. The average molecular weight is 251 g/mol. The predicted molar refractivity (Wildman–Crippen MR) is 65.2 cm³/mol. The van der Waals surface area contributed by atoms with E-state index < -0.39 is 24.2 Å². The van der Waals surface area contributed by atoms with Crippen molar-refractivity contribution in [1.29, 1.82) is 0 Å². The molecule has 2 rings (SSSR count). The zero-order valence-corrected chi connectivity index (χ0v) is 10.2. The van der Waals surface area contributed by atoms with Gasteiger partial charge in [-0.05, 0) is 12.5 Å². The third kappa shape index (κ3) is 2.87. The number of nitrogens with one attached hydrogen (secondary N) is 1. The second-order valence-electron chi connectivity index (χ2n) is 4.55. The molecule has 0 spiro atoms. The van der Waals surface area contributed by atoms with Gasteiger partial charge >= 0.3 is 5.97 Å². The molecule has 1 fully saturated rings. The maximum atomic E-state index is 10.8. The first-order valence-corrected chi connectivity index (χ1v) is 5.89. The van der Waals surface area contributed by atoms with Crippen molar-refractivity contribution in [3.8, 4) is 0 Å². The van der Waals surface area contributed by atoms with Crippen molar-refractivity contribution >= 4 is 5.97 Å². The monoisotopic (exact) mass is 251 g/mol. The van der Waals surface area contributed by atoms with Crippen LogP contribution >= 0.6 is 0 Å². The standard InChI is InChI=1S/C13H17NO4/c1-8-2-4-9(5-3-8)7-18-10-6-14-11(12(10)15)13(16)17/h2-5,10-12,14-15H,6-7H2,1H3,(H,16,17)/t10-,11-,12+/m0/s1. The number of ether oxygens (including phenoxy) is 1. The summed E-state index contributed by atoms with van der Waals surface area (Å²) >= 11 is 0. The van der Waals surface area contributed by atoms with Crippen LogP contribution in [-0.4, -0.2) is 41.0 Å². The Balaban J connectivity index is 1.88. The number of hydrogen-bond donors (Lipinski definition) is 3. The fourth-order valence-electron chi connectivity index (χ4n) is 1.98. The van der Waals surface area contributed by atoms with Crippen LogP contribution in [0, 0.1) is 6.92 Å². The van der Waals surface area contributed by atoms with Crippen LogP contribution in [0.25, 0.3) is 0 Å². The summed E-state index contributed by atoms with van der Waals surface area (Å²) in [5, 5.41) is 21.3. The molecule has 5 heteroatoms. The number of aliphatic hydroxyl groups excluding tert-OH is 1. The molecule has 0 bridgehead atoms. The molecular weight excluding hydrogens is 234 g/mol. The van der Waals surface area contributed by atoms with E-state index in [0.29, 0.717) is 13.2 Å². The Labute approximate surface area is 105 Å². The zero-order chi connectivity index (χ0) is 13.1. The maximum Gasteiger partial charge on any atom is 0.323 e. The smallest absolute Gasteiger partial charge is 0.323 e. The second kappa shape index (κ2) is 5.48. The van der Waals surface area contributed by atoms with Crippen molar-refractivity contribution in [3.05, 3.63) is 35.4 Å². The van der Waals surface area contributed by atoms with Crippen LogP contribution in [0.4, 0.5) is 0 Å². The Bertz CT molecular complexity index is 418. The Hall–Kier alpha value is -1.43. The number of aliphatic hydroxyl groups is 1. The van der Waals surface area contributed by atoms with E-state index in [0.717, 1.165) is 5.56 Å². The van der Waals surface area contributed by atoms with Gasteiger partial charge in [-0.3, -0.25) is 10.1 Å². The lowest BCUT2D eigenvalue weighted by Gasteiger charge is -2.16. The number of carboxylic acid groups (broad SMARTS) is 1. The molecule has 0 amide bonds. The van der Waals surface area contributed by atoms with Gasteiger partial charge in [-0.2, -0.15) is 0 Å². The number of rotatable bonds is 4. The van der Waals surface area contributed by atoms with Crippen molar-refractivity contribution < 1.29 is 19.7 Å². The molecular formula is C13H17NO4. The van der Waals surface area contributed by atoms with E-state index in [9.17, 15) is 9.90 Å². The topological polar surface area (TPSA) is 78.8 Å². The van der Waals surface area contributed by atoms with E-state index in [1.54, 1.807) is 0 Å². The fraction of sp³-hybridized carbons (Fsp3) is 0.462. The summed E-state index contributed by atoms with van der Waals surface area (Å²) in [6, 6.07) is 6.95. The molecule has 3 atom stereocenters. The summed E-state index contributed by atoms with van der Waals surface area (Å²) in [6.45, 7) is 2.73. The van der Waals surface area contributed by atoms with Crippen LogP contribution in [0.1, 0.15) is 11.1 Å². The molecule has 1 aromatic carbocycles. The molecule has 1 aromatic rings. The van der Waals surface area contributed by atoms with Gasteiger partial charge < -0.3 is 14.9 Å². The van der Waals surface area contributed by atoms with Gasteiger partial charge in [0, 0.05) is 6.54 Å². The zero-order valence-electron chi connectivity index (χ0n) is 10.2. The summed E-state index contributed by atoms with van der Waals surface area (Å²) < 4.78 is 5.55. The number of carbonyl (C=O) groups is 1. The van der Waals surface area contributed by atoms with Crippen molar-refractivity contribution in [2.24, 2.45) is 0 Å². The van der Waals surface area contributed by atoms with Gasteiger partial charge in [0.05, 0.1) is 12.7 Å². The van der Waals surface area contributed by atoms with Gasteiger partial charge in [0.15, 0.2) is 0 Å². The third-order valence-corrected chi connectivity index (χ3v) is 3.11. The van der Waals surface area contributed by atoms with Crippen LogP contribution in [0.2, 0.25) is 0 Å². The number of hydrogen-bond acceptors (Lipinski definition) is 4. The van der Waals surface area contributed by atoms with Gasteiger partial charge in [-0.25, -0.2) is 0 Å². The second-order valence-corrected chi connectivity index (χ2v) is 4.55. The van der Waals surface area contributed by atoms with Crippen molar-refractivity contribution in [1.82, 2.24) is 5.32 Å². The highest BCUT2D eigenvalue weighted by Crippen LogP contribution is 2.14. The van der Waals surface area contributed by atoms with E-state index in [-0.39, 0.29) is 0 Å². The summed E-state index contributed by atoms with van der Waals surface area (Å²) in [5.41, 5.74) is 2.18. The van der Waals surface area contributed by atoms with E-state index in [1.165, 1.54) is 5.56 Å². The molecule has 0 aromatic heterocycles. The van der Waals surface area contributed by atoms with Gasteiger partial charge in [0.25, 0.3) is 0 Å². The molecule has 1 heterocycles. The molecule has 5 nitrogen and oxygen atoms in total. The van der Waals surface area contributed by atoms with Crippen LogP contribution in [-0.2, 0) is 16.1 Å². The predicted octanol–water partition coefficient (Wildman–Crippen LogP) is 0.298. The molecule has 18 heavy (non-hydrogen) atoms. The Morgan fingerprint density at radius 2 is 2.11 bits per heavy atom. The Morgan fingerprint density at radius 3 is 2.67 bits per heavy atom. The lowest BCUT2D eigenvalue weighted by molar-refractivity contribution is -0.142. The molecule has 0 unspecified atom stereocenters. The van der Waals surface area contributed by atoms with E-state index in [2.05, 4.69) is 5.32 Å². The van der Waals surface area contributed by atoms with Crippen LogP contribution in [0.15, 0.2) is 24.3 Å². The number of aryl methyl sites for hydroxylation is 1. The van der Waals surface area contributed by atoms with E-state index in [1.807, 2.05) is 31.2 Å². The average Bonchev–Trinajstić information content (AvgIpc) is 2.70. The fourth-order valence-corrected chi connectivity index (χ4v) is 1.98.